The van der Waals surface area contributed by atoms with Gasteiger partial charge >= 0.3 is 6.09 Å². The van der Waals surface area contributed by atoms with E-state index >= 15 is 0 Å². The summed E-state index contributed by atoms with van der Waals surface area (Å²) in [7, 11) is 1.49. The number of H-pyrrole nitrogens is 1. The van der Waals surface area contributed by atoms with Crippen LogP contribution >= 0.6 is 0 Å². The molecule has 0 unspecified atom stereocenters. The monoisotopic (exact) mass is 140 g/mol. The standard InChI is InChI=1S/C6H8N2O2/c1-8(6(9)10)5-2-3-7-4-5/h2-4,7H,1H3,(H,9,10). The molecule has 0 fully saturated rings. The van der Waals surface area contributed by atoms with Crippen LogP contribution in [0, 0.1) is 0 Å². The van der Waals surface area contributed by atoms with Crippen molar-refractivity contribution in [2.24, 2.45) is 0 Å². The number of nitrogens with one attached hydrogen (secondary N) is 1. The van der Waals surface area contributed by atoms with Crippen molar-refractivity contribution >= 4 is 11.8 Å². The Labute approximate surface area is 58.1 Å². The van der Waals surface area contributed by atoms with Gasteiger partial charge in [0.25, 0.3) is 0 Å². The molecular weight excluding hydrogens is 132 g/mol. The molecule has 4 heteroatoms. The molecule has 54 valence electrons. The van der Waals surface area contributed by atoms with Gasteiger partial charge in [-0.2, -0.15) is 0 Å². The third-order valence-corrected chi connectivity index (χ3v) is 1.26. The Morgan fingerprint density at radius 1 is 1.80 bits per heavy atom. The van der Waals surface area contributed by atoms with E-state index in [9.17, 15) is 4.79 Å². The first-order valence-electron chi connectivity index (χ1n) is 2.81. The summed E-state index contributed by atoms with van der Waals surface area (Å²) in [6.07, 6.45) is 2.34. The number of anilines is 1. The highest BCUT2D eigenvalue weighted by atomic mass is 16.4. The quantitative estimate of drug-likeness (QED) is 0.614. The highest BCUT2D eigenvalue weighted by molar-refractivity contribution is 5.84. The highest BCUT2D eigenvalue weighted by Crippen LogP contribution is 2.09. The molecule has 0 aliphatic heterocycles. The summed E-state index contributed by atoms with van der Waals surface area (Å²) in [5.74, 6) is 0. The second-order valence-corrected chi connectivity index (χ2v) is 1.91. The summed E-state index contributed by atoms with van der Waals surface area (Å²) in [6, 6.07) is 1.69. The smallest absolute Gasteiger partial charge is 0.411 e. The van der Waals surface area contributed by atoms with Crippen molar-refractivity contribution in [2.45, 2.75) is 0 Å². The molecule has 0 saturated heterocycles. The first-order chi connectivity index (χ1) is 4.72. The topological polar surface area (TPSA) is 56.3 Å². The van der Waals surface area contributed by atoms with Crippen molar-refractivity contribution < 1.29 is 9.90 Å². The largest absolute Gasteiger partial charge is 0.465 e. The average molecular weight is 140 g/mol. The Bertz CT molecular complexity index is 218. The molecular formula is C6H8N2O2. The van der Waals surface area contributed by atoms with E-state index in [1.165, 1.54) is 7.05 Å². The number of aromatic amines is 1. The minimum absolute atomic E-state index is 0.646. The van der Waals surface area contributed by atoms with Crippen molar-refractivity contribution in [2.75, 3.05) is 11.9 Å². The summed E-state index contributed by atoms with van der Waals surface area (Å²) >= 11 is 0. The molecule has 0 aromatic carbocycles. The Morgan fingerprint density at radius 2 is 2.50 bits per heavy atom. The van der Waals surface area contributed by atoms with Gasteiger partial charge in [0, 0.05) is 19.4 Å². The summed E-state index contributed by atoms with van der Waals surface area (Å²) in [4.78, 5) is 14.2. The molecule has 1 aromatic rings. The summed E-state index contributed by atoms with van der Waals surface area (Å²) in [6.45, 7) is 0. The zero-order valence-corrected chi connectivity index (χ0v) is 5.53. The number of hydrogen-bond donors (Lipinski definition) is 2. The first-order valence-corrected chi connectivity index (χ1v) is 2.81. The van der Waals surface area contributed by atoms with Crippen LogP contribution in [0.1, 0.15) is 0 Å². The molecule has 0 atom stereocenters. The van der Waals surface area contributed by atoms with Crippen LogP contribution in [0.5, 0.6) is 0 Å². The van der Waals surface area contributed by atoms with Crippen LogP contribution in [0.4, 0.5) is 10.5 Å². The maximum atomic E-state index is 10.3. The minimum Gasteiger partial charge on any atom is -0.465 e. The fourth-order valence-corrected chi connectivity index (χ4v) is 0.634. The van der Waals surface area contributed by atoms with E-state index in [-0.39, 0.29) is 0 Å². The summed E-state index contributed by atoms with van der Waals surface area (Å²) in [5.41, 5.74) is 0.646. The Morgan fingerprint density at radius 3 is 2.90 bits per heavy atom. The molecule has 0 spiro atoms. The minimum atomic E-state index is -0.959. The van der Waals surface area contributed by atoms with E-state index in [0.29, 0.717) is 5.69 Å². The fraction of sp³-hybridized carbons (Fsp3) is 0.167. The summed E-state index contributed by atoms with van der Waals surface area (Å²) in [5, 5.41) is 8.47. The maximum Gasteiger partial charge on any atom is 0.411 e. The lowest BCUT2D eigenvalue weighted by Gasteiger charge is -2.08. The van der Waals surface area contributed by atoms with Crippen LogP contribution in [0.15, 0.2) is 18.5 Å². The molecule has 0 bridgehead atoms. The average Bonchev–Trinajstić information content (AvgIpc) is 2.36. The normalized spacial score (nSPS) is 9.30. The summed E-state index contributed by atoms with van der Waals surface area (Å²) < 4.78 is 0. The number of nitrogens with zero attached hydrogens (tertiary/aromatic N) is 1. The predicted octanol–water partition coefficient (Wildman–Crippen LogP) is 1.13. The van der Waals surface area contributed by atoms with E-state index in [2.05, 4.69) is 4.98 Å². The SMILES string of the molecule is CN(C(=O)O)c1cc[nH]c1. The molecule has 1 rings (SSSR count). The van der Waals surface area contributed by atoms with Crippen LogP contribution in [-0.2, 0) is 0 Å². The lowest BCUT2D eigenvalue weighted by Crippen LogP contribution is -2.22. The maximum absolute atomic E-state index is 10.3. The predicted molar refractivity (Wildman–Crippen MR) is 37.2 cm³/mol. The lowest BCUT2D eigenvalue weighted by molar-refractivity contribution is 0.203. The Balaban J connectivity index is 2.77. The van der Waals surface area contributed by atoms with Crippen LogP contribution in [0.3, 0.4) is 0 Å². The van der Waals surface area contributed by atoms with E-state index in [1.54, 1.807) is 18.5 Å². The van der Waals surface area contributed by atoms with E-state index in [1.807, 2.05) is 0 Å². The zero-order valence-electron chi connectivity index (χ0n) is 5.53. The second-order valence-electron chi connectivity index (χ2n) is 1.91. The zero-order chi connectivity index (χ0) is 7.56. The highest BCUT2D eigenvalue weighted by Gasteiger charge is 2.06. The van der Waals surface area contributed by atoms with Crippen molar-refractivity contribution in [1.29, 1.82) is 0 Å². The van der Waals surface area contributed by atoms with E-state index in [4.69, 9.17) is 5.11 Å². The van der Waals surface area contributed by atoms with Crippen LogP contribution in [0.25, 0.3) is 0 Å². The van der Waals surface area contributed by atoms with Crippen molar-refractivity contribution in [3.05, 3.63) is 18.5 Å². The van der Waals surface area contributed by atoms with Gasteiger partial charge in [-0.3, -0.25) is 4.90 Å². The molecule has 1 amide bonds. The van der Waals surface area contributed by atoms with Gasteiger partial charge in [-0.15, -0.1) is 0 Å². The molecule has 1 heterocycles. The van der Waals surface area contributed by atoms with Crippen molar-refractivity contribution in [1.82, 2.24) is 4.98 Å². The van der Waals surface area contributed by atoms with Crippen LogP contribution in [0.2, 0.25) is 0 Å². The number of amides is 1. The Kier molecular flexibility index (Phi) is 1.62. The van der Waals surface area contributed by atoms with Gasteiger partial charge in [0.1, 0.15) is 0 Å². The lowest BCUT2D eigenvalue weighted by atomic mass is 10.5. The molecule has 0 radical (unpaired) electrons. The third kappa shape index (κ3) is 1.10. The molecule has 0 saturated carbocycles. The van der Waals surface area contributed by atoms with Crippen LogP contribution < -0.4 is 4.90 Å². The molecule has 10 heavy (non-hydrogen) atoms. The molecule has 2 N–H and O–H groups in total. The van der Waals surface area contributed by atoms with E-state index in [0.717, 1.165) is 4.90 Å². The van der Waals surface area contributed by atoms with Gasteiger partial charge in [0.2, 0.25) is 0 Å². The Hall–Kier alpha value is -1.45. The number of aromatic nitrogens is 1. The molecule has 4 nitrogen and oxygen atoms in total. The molecule has 0 aliphatic carbocycles. The fourth-order valence-electron chi connectivity index (χ4n) is 0.634. The van der Waals surface area contributed by atoms with E-state index < -0.39 is 6.09 Å². The van der Waals surface area contributed by atoms with Gasteiger partial charge in [0.15, 0.2) is 0 Å². The van der Waals surface area contributed by atoms with Gasteiger partial charge in [-0.25, -0.2) is 4.79 Å². The van der Waals surface area contributed by atoms with Crippen LogP contribution in [-0.4, -0.2) is 23.2 Å². The second kappa shape index (κ2) is 2.43. The number of carbonyl (C=O) groups is 1. The number of rotatable bonds is 1. The van der Waals surface area contributed by atoms with Gasteiger partial charge in [-0.1, -0.05) is 0 Å². The van der Waals surface area contributed by atoms with Crippen molar-refractivity contribution in [3.8, 4) is 0 Å². The third-order valence-electron chi connectivity index (χ3n) is 1.26. The van der Waals surface area contributed by atoms with Gasteiger partial charge in [0.05, 0.1) is 5.69 Å². The number of hydrogen-bond acceptors (Lipinski definition) is 1. The molecule has 1 aromatic heterocycles. The first kappa shape index (κ1) is 6.67. The van der Waals surface area contributed by atoms with Crippen molar-refractivity contribution in [3.63, 3.8) is 0 Å². The number of carboxylic acid groups (broad SMARTS) is 1. The van der Waals surface area contributed by atoms with Gasteiger partial charge in [-0.05, 0) is 6.07 Å². The molecule has 0 aliphatic rings. The van der Waals surface area contributed by atoms with Gasteiger partial charge < -0.3 is 10.1 Å².